The number of nitrogens with zero attached hydrogens (tertiary/aromatic N) is 3. The lowest BCUT2D eigenvalue weighted by Crippen LogP contribution is -2.55. The molecule has 3 unspecified atom stereocenters. The van der Waals surface area contributed by atoms with Crippen molar-refractivity contribution in [1.82, 2.24) is 15.1 Å². The van der Waals surface area contributed by atoms with Crippen molar-refractivity contribution < 1.29 is 24.3 Å². The maximum absolute atomic E-state index is 13.0. The average Bonchev–Trinajstić information content (AvgIpc) is 3.38. The molecule has 0 saturated carbocycles. The average molecular weight is 425 g/mol. The number of nitrogens with two attached hydrogens (primary N) is 3. The summed E-state index contributed by atoms with van der Waals surface area (Å²) in [5.41, 5.74) is 15.9. The summed E-state index contributed by atoms with van der Waals surface area (Å²) in [7, 11) is 0. The lowest BCUT2D eigenvalue weighted by molar-refractivity contribution is -0.147. The van der Waals surface area contributed by atoms with Crippen LogP contribution in [0.1, 0.15) is 38.5 Å². The second kappa shape index (κ2) is 10.8. The zero-order valence-electron chi connectivity index (χ0n) is 17.0. The van der Waals surface area contributed by atoms with Gasteiger partial charge in [-0.25, -0.2) is 4.79 Å². The summed E-state index contributed by atoms with van der Waals surface area (Å²) < 4.78 is 0. The molecule has 0 aromatic carbocycles. The molecule has 2 aliphatic heterocycles. The van der Waals surface area contributed by atoms with E-state index in [1.807, 2.05) is 0 Å². The Morgan fingerprint density at radius 2 is 1.70 bits per heavy atom. The highest BCUT2D eigenvalue weighted by atomic mass is 16.4. The van der Waals surface area contributed by atoms with Crippen LogP contribution in [0.4, 0.5) is 0 Å². The Kier molecular flexibility index (Phi) is 8.39. The van der Waals surface area contributed by atoms with Gasteiger partial charge in [-0.3, -0.25) is 19.4 Å². The minimum absolute atomic E-state index is 0.0832. The fourth-order valence-corrected chi connectivity index (χ4v) is 3.96. The first-order valence-electron chi connectivity index (χ1n) is 10.1. The lowest BCUT2D eigenvalue weighted by Gasteiger charge is -2.31. The van der Waals surface area contributed by atoms with E-state index >= 15 is 0 Å². The largest absolute Gasteiger partial charge is 0.480 e. The van der Waals surface area contributed by atoms with Crippen LogP contribution in [0.3, 0.4) is 0 Å². The predicted octanol–water partition coefficient (Wildman–Crippen LogP) is -2.45. The molecule has 30 heavy (non-hydrogen) atoms. The number of guanidine groups is 1. The maximum Gasteiger partial charge on any atom is 0.326 e. The normalized spacial score (nSPS) is 21.9. The van der Waals surface area contributed by atoms with Gasteiger partial charge in [-0.1, -0.05) is 0 Å². The molecule has 12 heteroatoms. The SMILES string of the molecule is NCC(=O)N1CCCC1C(=O)N1CCCC1C(=O)NC(CCCN=C(N)N)C(=O)O. The molecule has 2 rings (SSSR count). The van der Waals surface area contributed by atoms with Gasteiger partial charge in [0, 0.05) is 19.6 Å². The summed E-state index contributed by atoms with van der Waals surface area (Å²) >= 11 is 0. The summed E-state index contributed by atoms with van der Waals surface area (Å²) in [6.45, 7) is 0.935. The van der Waals surface area contributed by atoms with Crippen LogP contribution >= 0.6 is 0 Å². The molecule has 12 nitrogen and oxygen atoms in total. The summed E-state index contributed by atoms with van der Waals surface area (Å²) in [6.07, 6.45) is 2.82. The van der Waals surface area contributed by atoms with Crippen molar-refractivity contribution in [3.63, 3.8) is 0 Å². The molecule has 0 spiro atoms. The predicted molar refractivity (Wildman–Crippen MR) is 108 cm³/mol. The number of carbonyl (C=O) groups is 4. The highest BCUT2D eigenvalue weighted by Gasteiger charge is 2.42. The standard InChI is InChI=1S/C18H31N7O5/c19-10-14(26)24-8-3-6-13(24)16(28)25-9-2-5-12(25)15(27)23-11(17(29)30)4-1-7-22-18(20)21/h11-13H,1-10,19H2,(H,23,27)(H,29,30)(H4,20,21,22). The van der Waals surface area contributed by atoms with E-state index in [0.717, 1.165) is 0 Å². The van der Waals surface area contributed by atoms with Gasteiger partial charge in [0.15, 0.2) is 5.96 Å². The van der Waals surface area contributed by atoms with Crippen LogP contribution in [0.5, 0.6) is 0 Å². The summed E-state index contributed by atoms with van der Waals surface area (Å²) in [6, 6.07) is -2.48. The van der Waals surface area contributed by atoms with Crippen LogP contribution in [-0.2, 0) is 19.2 Å². The third-order valence-corrected chi connectivity index (χ3v) is 5.43. The van der Waals surface area contributed by atoms with Crippen molar-refractivity contribution in [2.45, 2.75) is 56.7 Å². The van der Waals surface area contributed by atoms with E-state index in [4.69, 9.17) is 17.2 Å². The maximum atomic E-state index is 13.0. The molecule has 2 aliphatic rings. The van der Waals surface area contributed by atoms with E-state index in [2.05, 4.69) is 10.3 Å². The molecule has 0 aromatic rings. The van der Waals surface area contributed by atoms with Gasteiger partial charge in [0.05, 0.1) is 6.54 Å². The Morgan fingerprint density at radius 3 is 2.30 bits per heavy atom. The fourth-order valence-electron chi connectivity index (χ4n) is 3.96. The third kappa shape index (κ3) is 5.81. The number of likely N-dealkylation sites (tertiary alicyclic amines) is 2. The monoisotopic (exact) mass is 425 g/mol. The van der Waals surface area contributed by atoms with Crippen molar-refractivity contribution in [3.8, 4) is 0 Å². The number of carbonyl (C=O) groups excluding carboxylic acids is 3. The molecular formula is C18H31N7O5. The Morgan fingerprint density at radius 1 is 1.07 bits per heavy atom. The topological polar surface area (TPSA) is 197 Å². The fraction of sp³-hybridized carbons (Fsp3) is 0.722. The van der Waals surface area contributed by atoms with Gasteiger partial charge < -0.3 is 37.4 Å². The molecule has 0 radical (unpaired) electrons. The Labute approximate surface area is 174 Å². The molecule has 0 aromatic heterocycles. The zero-order chi connectivity index (χ0) is 22.3. The number of rotatable bonds is 9. The van der Waals surface area contributed by atoms with Gasteiger partial charge in [0.25, 0.3) is 0 Å². The molecule has 2 heterocycles. The molecule has 0 bridgehead atoms. The minimum Gasteiger partial charge on any atom is -0.480 e. The number of aliphatic carboxylic acids is 1. The van der Waals surface area contributed by atoms with E-state index < -0.39 is 30.0 Å². The van der Waals surface area contributed by atoms with Crippen LogP contribution in [-0.4, -0.2) is 88.9 Å². The van der Waals surface area contributed by atoms with E-state index in [-0.39, 0.29) is 37.3 Å². The summed E-state index contributed by atoms with van der Waals surface area (Å²) in [4.78, 5) is 56.1. The number of carboxylic acids is 1. The molecule has 0 aliphatic carbocycles. The Hall–Kier alpha value is -2.89. The van der Waals surface area contributed by atoms with Gasteiger partial charge in [0.2, 0.25) is 17.7 Å². The van der Waals surface area contributed by atoms with E-state index in [0.29, 0.717) is 45.2 Å². The van der Waals surface area contributed by atoms with Crippen LogP contribution in [0.2, 0.25) is 0 Å². The molecule has 2 fully saturated rings. The Bertz CT molecular complexity index is 694. The highest BCUT2D eigenvalue weighted by molar-refractivity contribution is 5.94. The number of hydrogen-bond acceptors (Lipinski definition) is 6. The first kappa shape index (κ1) is 23.4. The lowest BCUT2D eigenvalue weighted by atomic mass is 10.1. The van der Waals surface area contributed by atoms with Crippen molar-refractivity contribution in [2.75, 3.05) is 26.2 Å². The molecule has 3 atom stereocenters. The first-order chi connectivity index (χ1) is 14.3. The molecule has 8 N–H and O–H groups in total. The Balaban J connectivity index is 2.00. The van der Waals surface area contributed by atoms with E-state index in [9.17, 15) is 24.3 Å². The zero-order valence-corrected chi connectivity index (χ0v) is 17.0. The molecule has 3 amide bonds. The summed E-state index contributed by atoms with van der Waals surface area (Å²) in [5.74, 6) is -2.34. The molecule has 168 valence electrons. The quantitative estimate of drug-likeness (QED) is 0.152. The second-order valence-corrected chi connectivity index (χ2v) is 7.49. The van der Waals surface area contributed by atoms with E-state index in [1.165, 1.54) is 9.80 Å². The van der Waals surface area contributed by atoms with Gasteiger partial charge in [0.1, 0.15) is 18.1 Å². The van der Waals surface area contributed by atoms with Crippen LogP contribution in [0.15, 0.2) is 4.99 Å². The molecular weight excluding hydrogens is 394 g/mol. The van der Waals surface area contributed by atoms with Gasteiger partial charge in [-0.2, -0.15) is 0 Å². The number of aliphatic imine (C=N–C) groups is 1. The van der Waals surface area contributed by atoms with E-state index in [1.54, 1.807) is 0 Å². The highest BCUT2D eigenvalue weighted by Crippen LogP contribution is 2.25. The van der Waals surface area contributed by atoms with Crippen LogP contribution in [0, 0.1) is 0 Å². The smallest absolute Gasteiger partial charge is 0.326 e. The second-order valence-electron chi connectivity index (χ2n) is 7.49. The number of nitrogens with one attached hydrogen (secondary N) is 1. The van der Waals surface area contributed by atoms with Gasteiger partial charge in [-0.15, -0.1) is 0 Å². The van der Waals surface area contributed by atoms with Crippen LogP contribution in [0.25, 0.3) is 0 Å². The van der Waals surface area contributed by atoms with Gasteiger partial charge in [-0.05, 0) is 38.5 Å². The van der Waals surface area contributed by atoms with Gasteiger partial charge >= 0.3 is 5.97 Å². The summed E-state index contributed by atoms with van der Waals surface area (Å²) in [5, 5.41) is 11.9. The number of hydrogen-bond donors (Lipinski definition) is 5. The van der Waals surface area contributed by atoms with Crippen LogP contribution < -0.4 is 22.5 Å². The van der Waals surface area contributed by atoms with Crippen molar-refractivity contribution >= 4 is 29.7 Å². The third-order valence-electron chi connectivity index (χ3n) is 5.43. The van der Waals surface area contributed by atoms with Crippen molar-refractivity contribution in [3.05, 3.63) is 0 Å². The number of amides is 3. The number of carboxylic acid groups (broad SMARTS) is 1. The van der Waals surface area contributed by atoms with Crippen molar-refractivity contribution in [1.29, 1.82) is 0 Å². The van der Waals surface area contributed by atoms with Crippen molar-refractivity contribution in [2.24, 2.45) is 22.2 Å². The minimum atomic E-state index is -1.17. The molecule has 2 saturated heterocycles. The first-order valence-corrected chi connectivity index (χ1v) is 10.1.